The minimum absolute atomic E-state index is 0.266. The van der Waals surface area contributed by atoms with Gasteiger partial charge in [-0.15, -0.1) is 0 Å². The van der Waals surface area contributed by atoms with E-state index < -0.39 is 0 Å². The Morgan fingerprint density at radius 2 is 2.00 bits per heavy atom. The number of nitrogens with zero attached hydrogens (tertiary/aromatic N) is 3. The van der Waals surface area contributed by atoms with E-state index in [1.165, 1.54) is 6.33 Å². The Morgan fingerprint density at radius 1 is 1.09 bits per heavy atom. The molecule has 6 heteroatoms. The molecule has 2 heterocycles. The number of anilines is 1. The third-order valence-electron chi connectivity index (χ3n) is 3.64. The number of ether oxygens (including phenoxy) is 2. The zero-order valence-electron chi connectivity index (χ0n) is 12.1. The fraction of sp³-hybridized carbons (Fsp3) is 0.118. The summed E-state index contributed by atoms with van der Waals surface area (Å²) in [5.41, 5.74) is 2.43. The lowest BCUT2D eigenvalue weighted by molar-refractivity contribution is 0.174. The average molecular weight is 304 g/mol. The monoisotopic (exact) mass is 304 g/mol. The van der Waals surface area contributed by atoms with Crippen molar-refractivity contribution in [2.75, 3.05) is 12.1 Å². The summed E-state index contributed by atoms with van der Waals surface area (Å²) in [5, 5.41) is 4.13. The van der Waals surface area contributed by atoms with Crippen molar-refractivity contribution in [2.24, 2.45) is 0 Å². The normalized spacial score (nSPS) is 12.1. The van der Waals surface area contributed by atoms with Gasteiger partial charge in [-0.25, -0.2) is 14.8 Å². The van der Waals surface area contributed by atoms with Crippen LogP contribution in [0.25, 0.3) is 15.7 Å². The van der Waals surface area contributed by atoms with E-state index in [9.17, 15) is 0 Å². The summed E-state index contributed by atoms with van der Waals surface area (Å²) in [6, 6.07) is 11.2. The lowest BCUT2D eigenvalue weighted by atomic mass is 10.2. The molecule has 0 radical (unpaired) electrons. The van der Waals surface area contributed by atoms with Crippen LogP contribution in [0.5, 0.6) is 11.5 Å². The van der Waals surface area contributed by atoms with Gasteiger partial charge >= 0.3 is 0 Å². The highest BCUT2D eigenvalue weighted by Gasteiger charge is 2.13. The van der Waals surface area contributed by atoms with E-state index in [1.54, 1.807) is 12.1 Å². The molecule has 23 heavy (non-hydrogen) atoms. The van der Waals surface area contributed by atoms with Crippen LogP contribution in [0.4, 0.5) is 11.5 Å². The van der Waals surface area contributed by atoms with Gasteiger partial charge in [0, 0.05) is 11.9 Å². The van der Waals surface area contributed by atoms with E-state index in [-0.39, 0.29) is 6.79 Å². The van der Waals surface area contributed by atoms with Crippen LogP contribution >= 0.6 is 0 Å². The Morgan fingerprint density at radius 3 is 2.91 bits per heavy atom. The van der Waals surface area contributed by atoms with Crippen LogP contribution in [0.3, 0.4) is 0 Å². The van der Waals surface area contributed by atoms with Crippen LogP contribution in [-0.4, -0.2) is 16.8 Å². The second-order valence-corrected chi connectivity index (χ2v) is 5.08. The highest BCUT2D eigenvalue weighted by atomic mass is 16.7. The van der Waals surface area contributed by atoms with Crippen molar-refractivity contribution in [3.05, 3.63) is 59.7 Å². The highest BCUT2D eigenvalue weighted by Crippen LogP contribution is 2.33. The van der Waals surface area contributed by atoms with Gasteiger partial charge in [0.15, 0.2) is 17.2 Å². The van der Waals surface area contributed by atoms with Gasteiger partial charge in [0.1, 0.15) is 12.1 Å². The van der Waals surface area contributed by atoms with Gasteiger partial charge < -0.3 is 14.8 Å². The van der Waals surface area contributed by atoms with Gasteiger partial charge in [-0.2, -0.15) is 0 Å². The van der Waals surface area contributed by atoms with Gasteiger partial charge in [0.25, 0.3) is 0 Å². The fourth-order valence-electron chi connectivity index (χ4n) is 2.49. The maximum Gasteiger partial charge on any atom is 0.231 e. The van der Waals surface area contributed by atoms with Crippen molar-refractivity contribution in [1.82, 2.24) is 9.97 Å². The van der Waals surface area contributed by atoms with E-state index in [2.05, 4.69) is 20.1 Å². The first-order valence-electron chi connectivity index (χ1n) is 7.08. The molecule has 1 aliphatic heterocycles. The van der Waals surface area contributed by atoms with Crippen LogP contribution in [0.15, 0.2) is 42.7 Å². The Balaban J connectivity index is 1.61. The van der Waals surface area contributed by atoms with E-state index in [4.69, 9.17) is 16.0 Å². The van der Waals surface area contributed by atoms with Gasteiger partial charge in [-0.1, -0.05) is 12.1 Å². The minimum Gasteiger partial charge on any atom is -0.454 e. The quantitative estimate of drug-likeness (QED) is 0.750. The van der Waals surface area contributed by atoms with Crippen molar-refractivity contribution in [1.29, 1.82) is 0 Å². The molecule has 0 bridgehead atoms. The molecule has 0 fully saturated rings. The van der Waals surface area contributed by atoms with Crippen LogP contribution in [-0.2, 0) is 6.54 Å². The maximum atomic E-state index is 7.13. The summed E-state index contributed by atoms with van der Waals surface area (Å²) >= 11 is 0. The summed E-state index contributed by atoms with van der Waals surface area (Å²) in [4.78, 5) is 12.0. The van der Waals surface area contributed by atoms with Gasteiger partial charge in [-0.05, 0) is 29.8 Å². The van der Waals surface area contributed by atoms with Crippen molar-refractivity contribution < 1.29 is 9.47 Å². The van der Waals surface area contributed by atoms with Crippen molar-refractivity contribution in [3.8, 4) is 11.5 Å². The lowest BCUT2D eigenvalue weighted by Gasteiger charge is -2.09. The van der Waals surface area contributed by atoms with Crippen LogP contribution in [0.2, 0.25) is 0 Å². The maximum absolute atomic E-state index is 7.13. The molecule has 0 saturated carbocycles. The first kappa shape index (κ1) is 13.3. The zero-order chi connectivity index (χ0) is 15.6. The van der Waals surface area contributed by atoms with Gasteiger partial charge in [0.2, 0.25) is 6.79 Å². The predicted octanol–water partition coefficient (Wildman–Crippen LogP) is 3.52. The predicted molar refractivity (Wildman–Crippen MR) is 85.7 cm³/mol. The van der Waals surface area contributed by atoms with Crippen molar-refractivity contribution >= 4 is 22.4 Å². The first-order valence-corrected chi connectivity index (χ1v) is 7.08. The molecule has 1 aliphatic rings. The SMILES string of the molecule is [C-]#[N+]c1ccc2ncnc(NCc3ccc4c(c3)OCO4)c2c1. The topological polar surface area (TPSA) is 60.6 Å². The van der Waals surface area contributed by atoms with Crippen LogP contribution < -0.4 is 14.8 Å². The fourth-order valence-corrected chi connectivity index (χ4v) is 2.49. The molecule has 1 aromatic heterocycles. The summed E-state index contributed by atoms with van der Waals surface area (Å²) in [7, 11) is 0. The largest absolute Gasteiger partial charge is 0.454 e. The first-order chi connectivity index (χ1) is 11.3. The second kappa shape index (κ2) is 5.46. The Hall–Kier alpha value is -3.33. The summed E-state index contributed by atoms with van der Waals surface area (Å²) < 4.78 is 10.7. The molecule has 112 valence electrons. The molecular formula is C17H12N4O2. The number of hydrogen-bond acceptors (Lipinski definition) is 5. The molecule has 2 aromatic carbocycles. The number of aromatic nitrogens is 2. The molecule has 0 saturated heterocycles. The second-order valence-electron chi connectivity index (χ2n) is 5.08. The van der Waals surface area contributed by atoms with Crippen LogP contribution in [0, 0.1) is 6.57 Å². The number of benzene rings is 2. The molecule has 4 rings (SSSR count). The molecule has 3 aromatic rings. The summed E-state index contributed by atoms with van der Waals surface area (Å²) in [6.07, 6.45) is 1.52. The smallest absolute Gasteiger partial charge is 0.231 e. The summed E-state index contributed by atoms with van der Waals surface area (Å²) in [5.74, 6) is 2.23. The molecule has 0 aliphatic carbocycles. The number of nitrogens with one attached hydrogen (secondary N) is 1. The average Bonchev–Trinajstić information content (AvgIpc) is 3.07. The molecule has 0 spiro atoms. The number of hydrogen-bond donors (Lipinski definition) is 1. The van der Waals surface area contributed by atoms with E-state index >= 15 is 0 Å². The van der Waals surface area contributed by atoms with Crippen molar-refractivity contribution in [3.63, 3.8) is 0 Å². The minimum atomic E-state index is 0.266. The van der Waals surface area contributed by atoms with Gasteiger partial charge in [-0.3, -0.25) is 0 Å². The lowest BCUT2D eigenvalue weighted by Crippen LogP contribution is -2.02. The highest BCUT2D eigenvalue weighted by molar-refractivity contribution is 5.91. The number of fused-ring (bicyclic) bond motifs is 2. The Kier molecular flexibility index (Phi) is 3.17. The zero-order valence-corrected chi connectivity index (χ0v) is 12.1. The Bertz CT molecular complexity index is 934. The molecular weight excluding hydrogens is 292 g/mol. The van der Waals surface area contributed by atoms with E-state index in [1.807, 2.05) is 24.3 Å². The van der Waals surface area contributed by atoms with Crippen molar-refractivity contribution in [2.45, 2.75) is 6.54 Å². The number of rotatable bonds is 3. The molecule has 6 nitrogen and oxygen atoms in total. The Labute approximate surface area is 132 Å². The third kappa shape index (κ3) is 2.49. The van der Waals surface area contributed by atoms with Crippen LogP contribution in [0.1, 0.15) is 5.56 Å². The molecule has 1 N–H and O–H groups in total. The molecule has 0 atom stereocenters. The van der Waals surface area contributed by atoms with Gasteiger partial charge in [0.05, 0.1) is 12.1 Å². The van der Waals surface area contributed by atoms with E-state index in [0.29, 0.717) is 18.1 Å². The third-order valence-corrected chi connectivity index (χ3v) is 3.64. The molecule has 0 unspecified atom stereocenters. The standard InChI is InChI=1S/C17H12N4O2/c1-18-12-3-4-14-13(7-12)17(21-9-20-14)19-8-11-2-5-15-16(6-11)23-10-22-15/h2-7,9H,8,10H2,(H,19,20,21). The summed E-state index contributed by atoms with van der Waals surface area (Å²) in [6.45, 7) is 7.99. The molecule has 0 amide bonds. The van der Waals surface area contributed by atoms with E-state index in [0.717, 1.165) is 28.0 Å².